The van der Waals surface area contributed by atoms with Gasteiger partial charge < -0.3 is 14.5 Å². The van der Waals surface area contributed by atoms with Crippen molar-refractivity contribution in [2.24, 2.45) is 0 Å². The number of aromatic nitrogens is 1. The molecule has 2 aromatic rings. The minimum Gasteiger partial charge on any atom is -0.468 e. The molecule has 2 rings (SSSR count). The molecule has 0 aliphatic carbocycles. The topological polar surface area (TPSA) is 67.6 Å². The number of nitrogens with one attached hydrogen (secondary N) is 1. The molecule has 0 saturated heterocycles. The lowest BCUT2D eigenvalue weighted by atomic mass is 10.1. The molecule has 2 heterocycles. The molecule has 0 aromatic carbocycles. The van der Waals surface area contributed by atoms with Gasteiger partial charge in [-0.25, -0.2) is 4.98 Å². The van der Waals surface area contributed by atoms with Crippen molar-refractivity contribution >= 4 is 5.91 Å². The first kappa shape index (κ1) is 20.8. The monoisotopic (exact) mass is 385 g/mol. The molecule has 0 saturated carbocycles. The van der Waals surface area contributed by atoms with E-state index >= 15 is 0 Å². The van der Waals surface area contributed by atoms with Crippen LogP contribution in [-0.4, -0.2) is 48.2 Å². The zero-order chi connectivity index (χ0) is 19.9. The number of nitrogens with zero attached hydrogens (tertiary/aromatic N) is 2. The van der Waals surface area contributed by atoms with E-state index in [2.05, 4.69) is 19.9 Å². The number of furan rings is 1. The van der Waals surface area contributed by atoms with Crippen LogP contribution in [0.25, 0.3) is 0 Å². The maximum Gasteiger partial charge on any atom is 0.422 e. The molecule has 27 heavy (non-hydrogen) atoms. The lowest BCUT2D eigenvalue weighted by molar-refractivity contribution is -0.154. The van der Waals surface area contributed by atoms with Crippen LogP contribution in [0.5, 0.6) is 5.88 Å². The van der Waals surface area contributed by atoms with Gasteiger partial charge in [-0.15, -0.1) is 0 Å². The summed E-state index contributed by atoms with van der Waals surface area (Å²) in [4.78, 5) is 18.2. The van der Waals surface area contributed by atoms with Gasteiger partial charge in [0.2, 0.25) is 5.88 Å². The van der Waals surface area contributed by atoms with E-state index in [0.717, 1.165) is 18.8 Å². The maximum absolute atomic E-state index is 12.3. The van der Waals surface area contributed by atoms with E-state index in [1.54, 1.807) is 12.3 Å². The van der Waals surface area contributed by atoms with Crippen molar-refractivity contribution in [1.29, 1.82) is 0 Å². The Morgan fingerprint density at radius 3 is 2.56 bits per heavy atom. The highest BCUT2D eigenvalue weighted by Gasteiger charge is 2.28. The van der Waals surface area contributed by atoms with E-state index in [4.69, 9.17) is 4.42 Å². The van der Waals surface area contributed by atoms with Crippen molar-refractivity contribution in [1.82, 2.24) is 15.2 Å². The quantitative estimate of drug-likeness (QED) is 0.716. The van der Waals surface area contributed by atoms with Gasteiger partial charge in [0, 0.05) is 18.8 Å². The fraction of sp³-hybridized carbons (Fsp3) is 0.444. The maximum atomic E-state index is 12.3. The highest BCUT2D eigenvalue weighted by molar-refractivity contribution is 5.93. The standard InChI is InChI=1S/C18H22F3N3O3/c1-3-24(4-2)14(15-6-5-9-26-15)11-23-17(25)13-7-8-16(22-10-13)27-12-18(19,20)21/h5-10,14H,3-4,11-12H2,1-2H3,(H,23,25). The van der Waals surface area contributed by atoms with Crippen LogP contribution >= 0.6 is 0 Å². The number of ether oxygens (including phenoxy) is 1. The average molecular weight is 385 g/mol. The molecular weight excluding hydrogens is 363 g/mol. The first-order chi connectivity index (χ1) is 12.8. The molecule has 0 radical (unpaired) electrons. The molecule has 1 unspecified atom stereocenters. The van der Waals surface area contributed by atoms with Crippen molar-refractivity contribution in [3.63, 3.8) is 0 Å². The number of halogens is 3. The molecule has 9 heteroatoms. The highest BCUT2D eigenvalue weighted by Crippen LogP contribution is 2.20. The summed E-state index contributed by atoms with van der Waals surface area (Å²) in [5, 5.41) is 2.81. The molecule has 0 aliphatic heterocycles. The Balaban J connectivity index is 1.97. The fourth-order valence-corrected chi connectivity index (χ4v) is 2.60. The van der Waals surface area contributed by atoms with E-state index in [9.17, 15) is 18.0 Å². The van der Waals surface area contributed by atoms with Crippen molar-refractivity contribution < 1.29 is 27.1 Å². The van der Waals surface area contributed by atoms with Crippen LogP contribution in [0.4, 0.5) is 13.2 Å². The smallest absolute Gasteiger partial charge is 0.422 e. The molecule has 0 fully saturated rings. The third-order valence-corrected chi connectivity index (χ3v) is 3.96. The Kier molecular flexibility index (Phi) is 7.23. The summed E-state index contributed by atoms with van der Waals surface area (Å²) in [5.41, 5.74) is 0.229. The predicted molar refractivity (Wildman–Crippen MR) is 92.5 cm³/mol. The van der Waals surface area contributed by atoms with Gasteiger partial charge in [0.15, 0.2) is 6.61 Å². The molecule has 1 atom stereocenters. The SMILES string of the molecule is CCN(CC)C(CNC(=O)c1ccc(OCC(F)(F)F)nc1)c1ccco1. The van der Waals surface area contributed by atoms with Crippen molar-refractivity contribution in [2.75, 3.05) is 26.2 Å². The number of carbonyl (C=O) groups is 1. The summed E-state index contributed by atoms with van der Waals surface area (Å²) >= 11 is 0. The third-order valence-electron chi connectivity index (χ3n) is 3.96. The van der Waals surface area contributed by atoms with Crippen LogP contribution in [0.15, 0.2) is 41.1 Å². The first-order valence-electron chi connectivity index (χ1n) is 8.55. The van der Waals surface area contributed by atoms with Crippen LogP contribution < -0.4 is 10.1 Å². The number of carbonyl (C=O) groups excluding carboxylic acids is 1. The number of hydrogen-bond donors (Lipinski definition) is 1. The number of hydrogen-bond acceptors (Lipinski definition) is 5. The van der Waals surface area contributed by atoms with Gasteiger partial charge in [-0.3, -0.25) is 9.69 Å². The van der Waals surface area contributed by atoms with E-state index in [0.29, 0.717) is 6.54 Å². The summed E-state index contributed by atoms with van der Waals surface area (Å²) in [6.07, 6.45) is -1.68. The van der Waals surface area contributed by atoms with Gasteiger partial charge in [0.05, 0.1) is 17.9 Å². The number of pyridine rings is 1. The molecule has 0 bridgehead atoms. The Morgan fingerprint density at radius 2 is 2.04 bits per heavy atom. The molecule has 0 spiro atoms. The summed E-state index contributed by atoms with van der Waals surface area (Å²) in [7, 11) is 0. The summed E-state index contributed by atoms with van der Waals surface area (Å²) < 4.78 is 46.4. The average Bonchev–Trinajstić information content (AvgIpc) is 3.17. The second kappa shape index (κ2) is 9.40. The second-order valence-corrected chi connectivity index (χ2v) is 5.75. The molecule has 6 nitrogen and oxygen atoms in total. The molecule has 1 amide bonds. The Morgan fingerprint density at radius 1 is 1.30 bits per heavy atom. The Bertz CT molecular complexity index is 699. The van der Waals surface area contributed by atoms with Gasteiger partial charge in [-0.2, -0.15) is 13.2 Å². The van der Waals surface area contributed by atoms with E-state index < -0.39 is 12.8 Å². The van der Waals surface area contributed by atoms with Gasteiger partial charge in [-0.1, -0.05) is 13.8 Å². The van der Waals surface area contributed by atoms with Crippen LogP contribution in [0.3, 0.4) is 0 Å². The zero-order valence-electron chi connectivity index (χ0n) is 15.1. The lowest BCUT2D eigenvalue weighted by Crippen LogP contribution is -2.38. The van der Waals surface area contributed by atoms with Crippen LogP contribution in [0, 0.1) is 0 Å². The number of alkyl halides is 3. The first-order valence-corrected chi connectivity index (χ1v) is 8.55. The lowest BCUT2D eigenvalue weighted by Gasteiger charge is -2.28. The second-order valence-electron chi connectivity index (χ2n) is 5.75. The van der Waals surface area contributed by atoms with Gasteiger partial charge in [-0.05, 0) is 31.3 Å². The molecular formula is C18H22F3N3O3. The summed E-state index contributed by atoms with van der Waals surface area (Å²) in [5.74, 6) is 0.169. The predicted octanol–water partition coefficient (Wildman–Crippen LogP) is 3.43. The number of likely N-dealkylation sites (N-methyl/N-ethyl adjacent to an activating group) is 1. The van der Waals surface area contributed by atoms with E-state index in [-0.39, 0.29) is 23.4 Å². The summed E-state index contributed by atoms with van der Waals surface area (Å²) in [6, 6.07) is 6.12. The third kappa shape index (κ3) is 6.28. The van der Waals surface area contributed by atoms with Crippen LogP contribution in [0.2, 0.25) is 0 Å². The van der Waals surface area contributed by atoms with E-state index in [1.165, 1.54) is 18.3 Å². The number of amides is 1. The summed E-state index contributed by atoms with van der Waals surface area (Å²) in [6.45, 7) is 4.49. The molecule has 0 aliphatic rings. The Hall–Kier alpha value is -2.55. The number of rotatable bonds is 9. The molecule has 1 N–H and O–H groups in total. The normalized spacial score (nSPS) is 12.8. The fourth-order valence-electron chi connectivity index (χ4n) is 2.60. The largest absolute Gasteiger partial charge is 0.468 e. The zero-order valence-corrected chi connectivity index (χ0v) is 15.1. The van der Waals surface area contributed by atoms with Gasteiger partial charge >= 0.3 is 6.18 Å². The van der Waals surface area contributed by atoms with Crippen LogP contribution in [-0.2, 0) is 0 Å². The van der Waals surface area contributed by atoms with Gasteiger partial charge in [0.25, 0.3) is 5.91 Å². The molecule has 2 aromatic heterocycles. The van der Waals surface area contributed by atoms with E-state index in [1.807, 2.05) is 19.9 Å². The van der Waals surface area contributed by atoms with Crippen molar-refractivity contribution in [3.8, 4) is 5.88 Å². The highest BCUT2D eigenvalue weighted by atomic mass is 19.4. The molecule has 148 valence electrons. The van der Waals surface area contributed by atoms with Crippen molar-refractivity contribution in [3.05, 3.63) is 48.0 Å². The van der Waals surface area contributed by atoms with Crippen LogP contribution in [0.1, 0.15) is 36.0 Å². The minimum absolute atomic E-state index is 0.124. The minimum atomic E-state index is -4.44. The Labute approximate surface area is 155 Å². The van der Waals surface area contributed by atoms with Gasteiger partial charge in [0.1, 0.15) is 5.76 Å². The van der Waals surface area contributed by atoms with Crippen molar-refractivity contribution in [2.45, 2.75) is 26.1 Å².